The number of aromatic hydroxyl groups is 1. The van der Waals surface area contributed by atoms with Gasteiger partial charge in [0.1, 0.15) is 5.75 Å². The van der Waals surface area contributed by atoms with Crippen LogP contribution in [0.15, 0.2) is 24.3 Å². The molecule has 3 nitrogen and oxygen atoms in total. The first-order valence-electron chi connectivity index (χ1n) is 4.37. The fourth-order valence-corrected chi connectivity index (χ4v) is 1.58. The smallest absolute Gasteiger partial charge is 0.227 e. The zero-order valence-corrected chi connectivity index (χ0v) is 7.23. The molecule has 0 saturated carbocycles. The minimum atomic E-state index is 0.144. The average molecular weight is 177 g/mol. The van der Waals surface area contributed by atoms with Crippen LogP contribution < -0.4 is 4.90 Å². The molecule has 0 unspecified atom stereocenters. The quantitative estimate of drug-likeness (QED) is 0.706. The minimum absolute atomic E-state index is 0.144. The Bertz CT molecular complexity index is 335. The van der Waals surface area contributed by atoms with Crippen LogP contribution in [0.5, 0.6) is 5.75 Å². The van der Waals surface area contributed by atoms with E-state index >= 15 is 0 Å². The van der Waals surface area contributed by atoms with Crippen LogP contribution >= 0.6 is 0 Å². The maximum atomic E-state index is 11.3. The third-order valence-corrected chi connectivity index (χ3v) is 2.21. The number of amides is 1. The largest absolute Gasteiger partial charge is 0.508 e. The molecule has 1 amide bonds. The van der Waals surface area contributed by atoms with E-state index in [9.17, 15) is 9.90 Å². The highest BCUT2D eigenvalue weighted by atomic mass is 16.3. The molecule has 0 aliphatic carbocycles. The Labute approximate surface area is 76.6 Å². The van der Waals surface area contributed by atoms with Crippen molar-refractivity contribution < 1.29 is 9.90 Å². The Morgan fingerprint density at radius 3 is 2.85 bits per heavy atom. The minimum Gasteiger partial charge on any atom is -0.508 e. The summed E-state index contributed by atoms with van der Waals surface area (Å²) in [4.78, 5) is 13.0. The van der Waals surface area contributed by atoms with Crippen LogP contribution in [0.3, 0.4) is 0 Å². The van der Waals surface area contributed by atoms with Crippen LogP contribution in [0.4, 0.5) is 5.69 Å². The zero-order chi connectivity index (χ0) is 9.26. The first-order chi connectivity index (χ1) is 6.27. The molecule has 0 radical (unpaired) electrons. The van der Waals surface area contributed by atoms with E-state index in [0.717, 1.165) is 18.7 Å². The summed E-state index contributed by atoms with van der Waals surface area (Å²) in [7, 11) is 0. The summed E-state index contributed by atoms with van der Waals surface area (Å²) in [5.74, 6) is 0.350. The fourth-order valence-electron chi connectivity index (χ4n) is 1.58. The van der Waals surface area contributed by atoms with E-state index in [4.69, 9.17) is 0 Å². The van der Waals surface area contributed by atoms with Gasteiger partial charge < -0.3 is 10.0 Å². The summed E-state index contributed by atoms with van der Waals surface area (Å²) in [6.45, 7) is 0.766. The molecule has 0 bridgehead atoms. The van der Waals surface area contributed by atoms with E-state index in [1.54, 1.807) is 23.1 Å². The number of carbonyl (C=O) groups is 1. The third kappa shape index (κ3) is 1.49. The lowest BCUT2D eigenvalue weighted by Gasteiger charge is -2.15. The molecule has 1 saturated heterocycles. The van der Waals surface area contributed by atoms with Gasteiger partial charge in [-0.1, -0.05) is 6.07 Å². The number of hydrogen-bond acceptors (Lipinski definition) is 2. The van der Waals surface area contributed by atoms with E-state index in [2.05, 4.69) is 0 Å². The fraction of sp³-hybridized carbons (Fsp3) is 0.300. The van der Waals surface area contributed by atoms with Crippen molar-refractivity contribution in [3.05, 3.63) is 24.3 Å². The Morgan fingerprint density at radius 2 is 2.23 bits per heavy atom. The Kier molecular flexibility index (Phi) is 1.93. The Morgan fingerprint density at radius 1 is 1.38 bits per heavy atom. The number of phenols is 1. The van der Waals surface area contributed by atoms with E-state index in [0.29, 0.717) is 6.42 Å². The maximum absolute atomic E-state index is 11.3. The van der Waals surface area contributed by atoms with Gasteiger partial charge >= 0.3 is 0 Å². The molecule has 0 aromatic heterocycles. The molecule has 1 N–H and O–H groups in total. The lowest BCUT2D eigenvalue weighted by molar-refractivity contribution is -0.117. The summed E-state index contributed by atoms with van der Waals surface area (Å²) in [5, 5.41) is 9.22. The van der Waals surface area contributed by atoms with Crippen molar-refractivity contribution in [1.82, 2.24) is 0 Å². The second-order valence-corrected chi connectivity index (χ2v) is 3.17. The second-order valence-electron chi connectivity index (χ2n) is 3.17. The molecule has 1 fully saturated rings. The SMILES string of the molecule is O=C1CCCN1c1cccc(O)c1. The lowest BCUT2D eigenvalue weighted by Crippen LogP contribution is -2.23. The van der Waals surface area contributed by atoms with E-state index in [1.807, 2.05) is 6.07 Å². The Hall–Kier alpha value is -1.51. The van der Waals surface area contributed by atoms with Crippen LogP contribution in [0.25, 0.3) is 0 Å². The number of anilines is 1. The molecule has 0 spiro atoms. The van der Waals surface area contributed by atoms with Crippen molar-refractivity contribution in [1.29, 1.82) is 0 Å². The summed E-state index contributed by atoms with van der Waals surface area (Å²) < 4.78 is 0. The average Bonchev–Trinajstić information content (AvgIpc) is 2.51. The molecule has 13 heavy (non-hydrogen) atoms. The summed E-state index contributed by atoms with van der Waals surface area (Å²) >= 11 is 0. The highest BCUT2D eigenvalue weighted by Crippen LogP contribution is 2.24. The summed E-state index contributed by atoms with van der Waals surface area (Å²) in [6.07, 6.45) is 1.53. The van der Waals surface area contributed by atoms with Crippen molar-refractivity contribution in [2.75, 3.05) is 11.4 Å². The third-order valence-electron chi connectivity index (χ3n) is 2.21. The molecule has 2 rings (SSSR count). The summed E-state index contributed by atoms with van der Waals surface area (Å²) in [6, 6.07) is 6.80. The van der Waals surface area contributed by atoms with Crippen LogP contribution in [0, 0.1) is 0 Å². The predicted molar refractivity (Wildman–Crippen MR) is 49.7 cm³/mol. The lowest BCUT2D eigenvalue weighted by atomic mass is 10.3. The first kappa shape index (κ1) is 8.10. The van der Waals surface area contributed by atoms with Gasteiger partial charge in [0.05, 0.1) is 0 Å². The van der Waals surface area contributed by atoms with Crippen molar-refractivity contribution >= 4 is 11.6 Å². The van der Waals surface area contributed by atoms with Crippen molar-refractivity contribution in [3.63, 3.8) is 0 Å². The number of carbonyl (C=O) groups excluding carboxylic acids is 1. The molecular formula is C10H11NO2. The number of nitrogens with zero attached hydrogens (tertiary/aromatic N) is 1. The van der Waals surface area contributed by atoms with Crippen molar-refractivity contribution in [2.45, 2.75) is 12.8 Å². The van der Waals surface area contributed by atoms with Crippen molar-refractivity contribution in [2.24, 2.45) is 0 Å². The van der Waals surface area contributed by atoms with E-state index < -0.39 is 0 Å². The van der Waals surface area contributed by atoms with Crippen molar-refractivity contribution in [3.8, 4) is 5.75 Å². The van der Waals surface area contributed by atoms with Gasteiger partial charge in [0.15, 0.2) is 0 Å². The monoisotopic (exact) mass is 177 g/mol. The summed E-state index contributed by atoms with van der Waals surface area (Å²) in [5.41, 5.74) is 0.794. The highest BCUT2D eigenvalue weighted by Gasteiger charge is 2.21. The van der Waals surface area contributed by atoms with Gasteiger partial charge in [-0.25, -0.2) is 0 Å². The van der Waals surface area contributed by atoms with Crippen LogP contribution in [-0.4, -0.2) is 17.6 Å². The molecule has 1 aliphatic heterocycles. The van der Waals surface area contributed by atoms with Gasteiger partial charge in [-0.2, -0.15) is 0 Å². The highest BCUT2D eigenvalue weighted by molar-refractivity contribution is 5.95. The molecule has 1 heterocycles. The van der Waals surface area contributed by atoms with Gasteiger partial charge in [0, 0.05) is 24.7 Å². The van der Waals surface area contributed by atoms with E-state index in [-0.39, 0.29) is 11.7 Å². The maximum Gasteiger partial charge on any atom is 0.227 e. The van der Waals surface area contributed by atoms with Crippen LogP contribution in [-0.2, 0) is 4.79 Å². The predicted octanol–water partition coefficient (Wildman–Crippen LogP) is 1.52. The number of rotatable bonds is 1. The normalized spacial score (nSPS) is 16.6. The number of benzene rings is 1. The number of hydrogen-bond donors (Lipinski definition) is 1. The zero-order valence-electron chi connectivity index (χ0n) is 7.23. The van der Waals surface area contributed by atoms with Gasteiger partial charge in [0.25, 0.3) is 0 Å². The molecule has 68 valence electrons. The second kappa shape index (κ2) is 3.09. The van der Waals surface area contributed by atoms with Crippen LogP contribution in [0.2, 0.25) is 0 Å². The van der Waals surface area contributed by atoms with Gasteiger partial charge in [-0.15, -0.1) is 0 Å². The standard InChI is InChI=1S/C10H11NO2/c12-9-4-1-3-8(7-9)11-6-2-5-10(11)13/h1,3-4,7,12H,2,5-6H2. The van der Waals surface area contributed by atoms with Gasteiger partial charge in [-0.05, 0) is 18.6 Å². The van der Waals surface area contributed by atoms with E-state index in [1.165, 1.54) is 0 Å². The topological polar surface area (TPSA) is 40.5 Å². The number of phenolic OH excluding ortho intramolecular Hbond substituents is 1. The molecule has 3 heteroatoms. The molecule has 1 aromatic carbocycles. The molecular weight excluding hydrogens is 166 g/mol. The van der Waals surface area contributed by atoms with Gasteiger partial charge in [0.2, 0.25) is 5.91 Å². The first-order valence-corrected chi connectivity index (χ1v) is 4.37. The van der Waals surface area contributed by atoms with Crippen LogP contribution in [0.1, 0.15) is 12.8 Å². The molecule has 1 aromatic rings. The molecule has 1 aliphatic rings. The van der Waals surface area contributed by atoms with Gasteiger partial charge in [-0.3, -0.25) is 4.79 Å². The molecule has 0 atom stereocenters. The Balaban J connectivity index is 2.29.